The maximum Gasteiger partial charge on any atom is 0.335 e. The Bertz CT molecular complexity index is 532. The topological polar surface area (TPSA) is 72.3 Å². The molecule has 0 aliphatic heterocycles. The lowest BCUT2D eigenvalue weighted by molar-refractivity contribution is 0.0696. The first-order valence-corrected chi connectivity index (χ1v) is 7.47. The third-order valence-corrected chi connectivity index (χ3v) is 4.15. The van der Waals surface area contributed by atoms with E-state index in [1.54, 1.807) is 35.5 Å². The van der Waals surface area contributed by atoms with Crippen LogP contribution in [0.15, 0.2) is 34.1 Å². The highest BCUT2D eigenvalue weighted by Gasteiger charge is 2.03. The lowest BCUT2D eigenvalue weighted by atomic mass is 10.2. The minimum Gasteiger partial charge on any atom is -0.494 e. The molecule has 0 aliphatic rings. The fraction of sp³-hybridized carbons (Fsp3) is 0.250. The molecule has 0 unspecified atom stereocenters. The van der Waals surface area contributed by atoms with E-state index in [1.165, 1.54) is 17.4 Å². The van der Waals surface area contributed by atoms with Crippen LogP contribution in [0, 0.1) is 0 Å². The van der Waals surface area contributed by atoms with Crippen LogP contribution in [0.4, 0.5) is 0 Å². The summed E-state index contributed by atoms with van der Waals surface area (Å²) in [7, 11) is 0. The summed E-state index contributed by atoms with van der Waals surface area (Å²) in [6.45, 7) is 0.550. The summed E-state index contributed by atoms with van der Waals surface area (Å²) in [5.41, 5.74) is 1.94. The number of rotatable bonds is 7. The lowest BCUT2D eigenvalue weighted by Gasteiger charge is -2.06. The van der Waals surface area contributed by atoms with Gasteiger partial charge in [0.05, 0.1) is 12.2 Å². The van der Waals surface area contributed by atoms with E-state index < -0.39 is 5.97 Å². The Balaban J connectivity index is 1.70. The minimum atomic E-state index is -0.947. The zero-order chi connectivity index (χ0) is 13.5. The van der Waals surface area contributed by atoms with E-state index >= 15 is 0 Å². The normalized spacial score (nSPS) is 10.3. The molecule has 2 aromatic rings. The number of nitrogens with zero attached hydrogens (tertiary/aromatic N) is 2. The Labute approximate surface area is 118 Å². The van der Waals surface area contributed by atoms with Gasteiger partial charge >= 0.3 is 5.97 Å². The van der Waals surface area contributed by atoms with Gasteiger partial charge in [-0.15, -0.1) is 10.2 Å². The van der Waals surface area contributed by atoms with Gasteiger partial charge in [-0.2, -0.15) is 0 Å². The minimum absolute atomic E-state index is 0.237. The first-order chi connectivity index (χ1) is 9.25. The number of aromatic carboxylic acids is 1. The third-order valence-electron chi connectivity index (χ3n) is 2.20. The van der Waals surface area contributed by atoms with Crippen LogP contribution in [0.1, 0.15) is 16.8 Å². The van der Waals surface area contributed by atoms with Crippen LogP contribution >= 0.6 is 23.1 Å². The number of hydrogen-bond donors (Lipinski definition) is 1. The first-order valence-electron chi connectivity index (χ1n) is 5.61. The second kappa shape index (κ2) is 7.10. The number of ether oxygens (including phenoxy) is 1. The Morgan fingerprint density at radius 1 is 1.47 bits per heavy atom. The summed E-state index contributed by atoms with van der Waals surface area (Å²) in [6.07, 6.45) is 0.863. The van der Waals surface area contributed by atoms with Crippen molar-refractivity contribution in [2.24, 2.45) is 0 Å². The molecule has 0 amide bonds. The maximum atomic E-state index is 10.8. The smallest absolute Gasteiger partial charge is 0.335 e. The average molecular weight is 296 g/mol. The number of thioether (sulfide) groups is 1. The van der Waals surface area contributed by atoms with Crippen molar-refractivity contribution in [2.45, 2.75) is 10.8 Å². The Morgan fingerprint density at radius 2 is 2.37 bits per heavy atom. The van der Waals surface area contributed by atoms with Gasteiger partial charge in [0.25, 0.3) is 0 Å². The molecule has 7 heteroatoms. The molecule has 0 atom stereocenters. The molecule has 0 saturated heterocycles. The van der Waals surface area contributed by atoms with E-state index in [0.717, 1.165) is 16.5 Å². The van der Waals surface area contributed by atoms with Crippen molar-refractivity contribution in [1.82, 2.24) is 10.2 Å². The van der Waals surface area contributed by atoms with E-state index in [1.807, 2.05) is 0 Å². The maximum absolute atomic E-state index is 10.8. The molecule has 5 nitrogen and oxygen atoms in total. The first kappa shape index (κ1) is 13.8. The zero-order valence-corrected chi connectivity index (χ0v) is 11.6. The summed E-state index contributed by atoms with van der Waals surface area (Å²) >= 11 is 3.16. The highest BCUT2D eigenvalue weighted by atomic mass is 32.2. The SMILES string of the molecule is O=C(O)c1cccc(OCCCSc2nncs2)c1. The predicted molar refractivity (Wildman–Crippen MR) is 74.1 cm³/mol. The van der Waals surface area contributed by atoms with E-state index in [-0.39, 0.29) is 5.56 Å². The molecular formula is C12H12N2O3S2. The van der Waals surface area contributed by atoms with E-state index in [4.69, 9.17) is 9.84 Å². The molecular weight excluding hydrogens is 284 g/mol. The predicted octanol–water partition coefficient (Wildman–Crippen LogP) is 2.80. The molecule has 0 bridgehead atoms. The van der Waals surface area contributed by atoms with Crippen molar-refractivity contribution in [3.63, 3.8) is 0 Å². The van der Waals surface area contributed by atoms with Gasteiger partial charge in [0.15, 0.2) is 4.34 Å². The highest BCUT2D eigenvalue weighted by Crippen LogP contribution is 2.20. The Hall–Kier alpha value is -1.60. The van der Waals surface area contributed by atoms with Crippen LogP contribution in [0.3, 0.4) is 0 Å². The van der Waals surface area contributed by atoms with Gasteiger partial charge in [-0.05, 0) is 24.6 Å². The number of carbonyl (C=O) groups is 1. The molecule has 1 heterocycles. The zero-order valence-electron chi connectivity index (χ0n) is 9.98. The summed E-state index contributed by atoms with van der Waals surface area (Å²) < 4.78 is 6.46. The molecule has 19 heavy (non-hydrogen) atoms. The van der Waals surface area contributed by atoms with Crippen molar-refractivity contribution >= 4 is 29.1 Å². The lowest BCUT2D eigenvalue weighted by Crippen LogP contribution is -2.01. The molecule has 1 aromatic carbocycles. The molecule has 0 fully saturated rings. The van der Waals surface area contributed by atoms with Gasteiger partial charge in [-0.3, -0.25) is 0 Å². The summed E-state index contributed by atoms with van der Waals surface area (Å²) in [5, 5.41) is 16.5. The van der Waals surface area contributed by atoms with Crippen molar-refractivity contribution in [2.75, 3.05) is 12.4 Å². The number of benzene rings is 1. The number of hydrogen-bond acceptors (Lipinski definition) is 6. The summed E-state index contributed by atoms with van der Waals surface area (Å²) in [5.74, 6) is 0.534. The van der Waals surface area contributed by atoms with Gasteiger partial charge in [0, 0.05) is 5.75 Å². The second-order valence-corrected chi connectivity index (χ2v) is 5.76. The molecule has 1 N–H and O–H groups in total. The molecule has 2 rings (SSSR count). The largest absolute Gasteiger partial charge is 0.494 e. The molecule has 0 saturated carbocycles. The number of aromatic nitrogens is 2. The molecule has 1 aromatic heterocycles. The van der Waals surface area contributed by atoms with Crippen LogP contribution < -0.4 is 4.74 Å². The van der Waals surface area contributed by atoms with Crippen LogP contribution in [0.5, 0.6) is 5.75 Å². The fourth-order valence-electron chi connectivity index (χ4n) is 1.35. The monoisotopic (exact) mass is 296 g/mol. The molecule has 0 radical (unpaired) electrons. The van der Waals surface area contributed by atoms with Crippen LogP contribution in [-0.4, -0.2) is 33.6 Å². The Morgan fingerprint density at radius 3 is 3.11 bits per heavy atom. The van der Waals surface area contributed by atoms with E-state index in [2.05, 4.69) is 10.2 Å². The van der Waals surface area contributed by atoms with Crippen molar-refractivity contribution in [3.05, 3.63) is 35.3 Å². The highest BCUT2D eigenvalue weighted by molar-refractivity contribution is 8.00. The Kier molecular flexibility index (Phi) is 5.17. The average Bonchev–Trinajstić information content (AvgIpc) is 2.92. The fourth-order valence-corrected chi connectivity index (χ4v) is 2.82. The standard InChI is InChI=1S/C12H12N2O3S2/c15-11(16)9-3-1-4-10(7-9)17-5-2-6-18-12-14-13-8-19-12/h1,3-4,7-8H,2,5-6H2,(H,15,16). The molecule has 0 spiro atoms. The second-order valence-electron chi connectivity index (χ2n) is 3.59. The van der Waals surface area contributed by atoms with Crippen LogP contribution in [-0.2, 0) is 0 Å². The van der Waals surface area contributed by atoms with E-state index in [9.17, 15) is 4.79 Å². The summed E-state index contributed by atoms with van der Waals surface area (Å²) in [4.78, 5) is 10.8. The van der Waals surface area contributed by atoms with Crippen LogP contribution in [0.25, 0.3) is 0 Å². The van der Waals surface area contributed by atoms with Gasteiger partial charge in [-0.1, -0.05) is 29.2 Å². The third kappa shape index (κ3) is 4.53. The van der Waals surface area contributed by atoms with Crippen molar-refractivity contribution < 1.29 is 14.6 Å². The molecule has 0 aliphatic carbocycles. The van der Waals surface area contributed by atoms with Gasteiger partial charge in [-0.25, -0.2) is 4.79 Å². The quantitative estimate of drug-likeness (QED) is 0.625. The van der Waals surface area contributed by atoms with Crippen molar-refractivity contribution in [3.8, 4) is 5.75 Å². The van der Waals surface area contributed by atoms with Crippen molar-refractivity contribution in [1.29, 1.82) is 0 Å². The molecule has 100 valence electrons. The van der Waals surface area contributed by atoms with Gasteiger partial charge < -0.3 is 9.84 Å². The number of carboxylic acids is 1. The van der Waals surface area contributed by atoms with Gasteiger partial charge in [0.2, 0.25) is 0 Å². The summed E-state index contributed by atoms with van der Waals surface area (Å²) in [6, 6.07) is 6.50. The number of carboxylic acid groups (broad SMARTS) is 1. The van der Waals surface area contributed by atoms with Crippen LogP contribution in [0.2, 0.25) is 0 Å². The van der Waals surface area contributed by atoms with Gasteiger partial charge in [0.1, 0.15) is 11.3 Å². The van der Waals surface area contributed by atoms with E-state index in [0.29, 0.717) is 12.4 Å².